The lowest BCUT2D eigenvalue weighted by Crippen LogP contribution is -1.88. The van der Waals surface area contributed by atoms with Gasteiger partial charge in [-0.05, 0) is 24.6 Å². The maximum absolute atomic E-state index is 5.64. The van der Waals surface area contributed by atoms with Crippen molar-refractivity contribution in [1.29, 1.82) is 0 Å². The molecule has 4 nitrogen and oxygen atoms in total. The standard InChI is InChI=1S/C14H12BrN3OS2/c1-9-16-12(8-20-9)6-13-17-18-14(19-13)21-7-10-2-4-11(15)5-3-10/h2-5,8H,6-7H2,1H3. The molecule has 7 heteroatoms. The number of hydrogen-bond donors (Lipinski definition) is 0. The number of aryl methyl sites for hydroxylation is 1. The molecule has 0 atom stereocenters. The number of halogens is 1. The molecule has 2 heterocycles. The number of nitrogens with zero attached hydrogens (tertiary/aromatic N) is 3. The quantitative estimate of drug-likeness (QED) is 0.609. The monoisotopic (exact) mass is 381 g/mol. The van der Waals surface area contributed by atoms with Gasteiger partial charge in [0.2, 0.25) is 5.89 Å². The third kappa shape index (κ3) is 4.15. The molecule has 21 heavy (non-hydrogen) atoms. The van der Waals surface area contributed by atoms with Gasteiger partial charge >= 0.3 is 0 Å². The molecule has 2 aromatic heterocycles. The van der Waals surface area contributed by atoms with Crippen molar-refractivity contribution < 1.29 is 4.42 Å². The van der Waals surface area contributed by atoms with E-state index in [0.29, 0.717) is 17.5 Å². The summed E-state index contributed by atoms with van der Waals surface area (Å²) in [6, 6.07) is 8.21. The number of aromatic nitrogens is 3. The van der Waals surface area contributed by atoms with Gasteiger partial charge in [-0.25, -0.2) is 4.98 Å². The van der Waals surface area contributed by atoms with Crippen LogP contribution in [-0.4, -0.2) is 15.2 Å². The van der Waals surface area contributed by atoms with E-state index in [2.05, 4.69) is 43.2 Å². The summed E-state index contributed by atoms with van der Waals surface area (Å²) in [6.07, 6.45) is 0.593. The average Bonchev–Trinajstić information content (AvgIpc) is 3.08. The number of rotatable bonds is 5. The Morgan fingerprint density at radius 1 is 1.24 bits per heavy atom. The summed E-state index contributed by atoms with van der Waals surface area (Å²) in [7, 11) is 0. The van der Waals surface area contributed by atoms with E-state index in [9.17, 15) is 0 Å². The molecule has 0 saturated heterocycles. The normalized spacial score (nSPS) is 11.0. The molecule has 0 bridgehead atoms. The lowest BCUT2D eigenvalue weighted by atomic mass is 10.2. The largest absolute Gasteiger partial charge is 0.416 e. The first-order valence-corrected chi connectivity index (χ1v) is 8.95. The van der Waals surface area contributed by atoms with Gasteiger partial charge in [-0.2, -0.15) is 0 Å². The van der Waals surface area contributed by atoms with Crippen molar-refractivity contribution in [2.24, 2.45) is 0 Å². The minimum atomic E-state index is 0.593. The lowest BCUT2D eigenvalue weighted by Gasteiger charge is -1.98. The van der Waals surface area contributed by atoms with Crippen molar-refractivity contribution in [2.45, 2.75) is 24.3 Å². The van der Waals surface area contributed by atoms with Gasteiger partial charge in [0.25, 0.3) is 5.22 Å². The summed E-state index contributed by atoms with van der Waals surface area (Å²) in [4.78, 5) is 4.40. The highest BCUT2D eigenvalue weighted by molar-refractivity contribution is 9.10. The van der Waals surface area contributed by atoms with Crippen LogP contribution in [0.5, 0.6) is 0 Å². The number of thiazole rings is 1. The summed E-state index contributed by atoms with van der Waals surface area (Å²) in [6.45, 7) is 1.99. The molecule has 108 valence electrons. The summed E-state index contributed by atoms with van der Waals surface area (Å²) in [5, 5.41) is 11.8. The summed E-state index contributed by atoms with van der Waals surface area (Å²) in [5.41, 5.74) is 2.20. The van der Waals surface area contributed by atoms with Gasteiger partial charge in [0.15, 0.2) is 0 Å². The molecule has 3 aromatic rings. The molecule has 1 aromatic carbocycles. The van der Waals surface area contributed by atoms with Crippen molar-refractivity contribution >= 4 is 39.0 Å². The molecule has 0 aliphatic carbocycles. The van der Waals surface area contributed by atoms with Gasteiger partial charge in [0.05, 0.1) is 17.1 Å². The smallest absolute Gasteiger partial charge is 0.276 e. The second-order valence-electron chi connectivity index (χ2n) is 4.41. The Hall–Kier alpha value is -1.18. The van der Waals surface area contributed by atoms with Crippen molar-refractivity contribution in [3.8, 4) is 0 Å². The lowest BCUT2D eigenvalue weighted by molar-refractivity contribution is 0.419. The van der Waals surface area contributed by atoms with Crippen molar-refractivity contribution in [3.63, 3.8) is 0 Å². The van der Waals surface area contributed by atoms with Gasteiger partial charge in [0, 0.05) is 15.6 Å². The van der Waals surface area contributed by atoms with Crippen molar-refractivity contribution in [2.75, 3.05) is 0 Å². The Morgan fingerprint density at radius 2 is 2.05 bits per heavy atom. The van der Waals surface area contributed by atoms with Gasteiger partial charge in [0.1, 0.15) is 0 Å². The van der Waals surface area contributed by atoms with E-state index in [1.54, 1.807) is 23.1 Å². The van der Waals surface area contributed by atoms with Gasteiger partial charge in [-0.3, -0.25) is 0 Å². The first-order chi connectivity index (χ1) is 10.2. The maximum Gasteiger partial charge on any atom is 0.276 e. The van der Waals surface area contributed by atoms with Gasteiger partial charge in [-0.1, -0.05) is 39.8 Å². The highest BCUT2D eigenvalue weighted by atomic mass is 79.9. The Kier molecular flexibility index (Phi) is 4.72. The number of thioether (sulfide) groups is 1. The van der Waals surface area contributed by atoms with E-state index in [-0.39, 0.29) is 0 Å². The minimum absolute atomic E-state index is 0.593. The van der Waals surface area contributed by atoms with E-state index in [4.69, 9.17) is 4.42 Å². The molecular formula is C14H12BrN3OS2. The van der Waals surface area contributed by atoms with Crippen LogP contribution in [-0.2, 0) is 12.2 Å². The van der Waals surface area contributed by atoms with E-state index in [0.717, 1.165) is 20.9 Å². The predicted octanol–water partition coefficient (Wildman–Crippen LogP) is 4.48. The zero-order valence-corrected chi connectivity index (χ0v) is 14.5. The van der Waals surface area contributed by atoms with Gasteiger partial charge < -0.3 is 4.42 Å². The summed E-state index contributed by atoms with van der Waals surface area (Å²) < 4.78 is 6.72. The van der Waals surface area contributed by atoms with Crippen LogP contribution in [0.3, 0.4) is 0 Å². The predicted molar refractivity (Wildman–Crippen MR) is 87.7 cm³/mol. The third-order valence-electron chi connectivity index (χ3n) is 2.72. The fourth-order valence-corrected chi connectivity index (χ4v) is 3.35. The van der Waals surface area contributed by atoms with Crippen LogP contribution < -0.4 is 0 Å². The van der Waals surface area contributed by atoms with Crippen LogP contribution in [0.1, 0.15) is 22.2 Å². The minimum Gasteiger partial charge on any atom is -0.416 e. The van der Waals surface area contributed by atoms with Crippen LogP contribution in [0.2, 0.25) is 0 Å². The molecule has 0 aliphatic heterocycles. The second-order valence-corrected chi connectivity index (χ2v) is 7.32. The van der Waals surface area contributed by atoms with Crippen LogP contribution in [0.4, 0.5) is 0 Å². The maximum atomic E-state index is 5.64. The molecule has 0 radical (unpaired) electrons. The van der Waals surface area contributed by atoms with Crippen LogP contribution in [0, 0.1) is 6.92 Å². The number of hydrogen-bond acceptors (Lipinski definition) is 6. The zero-order chi connectivity index (χ0) is 14.7. The van der Waals surface area contributed by atoms with E-state index in [1.807, 2.05) is 24.4 Å². The zero-order valence-electron chi connectivity index (χ0n) is 11.2. The molecule has 0 N–H and O–H groups in total. The molecule has 3 rings (SSSR count). The fourth-order valence-electron chi connectivity index (χ4n) is 1.74. The third-order valence-corrected chi connectivity index (χ3v) is 4.96. The molecule has 0 saturated carbocycles. The van der Waals surface area contributed by atoms with Crippen molar-refractivity contribution in [1.82, 2.24) is 15.2 Å². The summed E-state index contributed by atoms with van der Waals surface area (Å²) in [5.74, 6) is 1.42. The Bertz CT molecular complexity index is 724. The SMILES string of the molecule is Cc1nc(Cc2nnc(SCc3ccc(Br)cc3)o2)cs1. The van der Waals surface area contributed by atoms with Crippen LogP contribution in [0.25, 0.3) is 0 Å². The van der Waals surface area contributed by atoms with Crippen LogP contribution in [0.15, 0.2) is 43.8 Å². The van der Waals surface area contributed by atoms with E-state index in [1.165, 1.54) is 5.56 Å². The average molecular weight is 382 g/mol. The molecule has 0 fully saturated rings. The van der Waals surface area contributed by atoms with Gasteiger partial charge in [-0.15, -0.1) is 21.5 Å². The second kappa shape index (κ2) is 6.72. The van der Waals surface area contributed by atoms with E-state index >= 15 is 0 Å². The highest BCUT2D eigenvalue weighted by Crippen LogP contribution is 2.23. The van der Waals surface area contributed by atoms with Crippen molar-refractivity contribution in [3.05, 3.63) is 56.3 Å². The number of benzene rings is 1. The Morgan fingerprint density at radius 3 is 2.76 bits per heavy atom. The molecular weight excluding hydrogens is 370 g/mol. The molecule has 0 aliphatic rings. The molecule has 0 amide bonds. The Labute approximate surface area is 139 Å². The molecule has 0 spiro atoms. The Balaban J connectivity index is 1.58. The topological polar surface area (TPSA) is 51.8 Å². The van der Waals surface area contributed by atoms with Crippen LogP contribution >= 0.6 is 39.0 Å². The summed E-state index contributed by atoms with van der Waals surface area (Å²) >= 11 is 6.60. The highest BCUT2D eigenvalue weighted by Gasteiger charge is 2.09. The van der Waals surface area contributed by atoms with E-state index < -0.39 is 0 Å². The first-order valence-electron chi connectivity index (χ1n) is 6.29. The first kappa shape index (κ1) is 14.7. The fraction of sp³-hybridized carbons (Fsp3) is 0.214. The molecule has 0 unspecified atom stereocenters.